The van der Waals surface area contributed by atoms with Gasteiger partial charge in [-0.15, -0.1) is 0 Å². The van der Waals surface area contributed by atoms with E-state index in [-0.39, 0.29) is 29.8 Å². The molecule has 0 bridgehead atoms. The van der Waals surface area contributed by atoms with Crippen LogP contribution in [-0.2, 0) is 9.59 Å². The molecular formula is C31H41N7O2. The van der Waals surface area contributed by atoms with Crippen molar-refractivity contribution in [3.8, 4) is 11.3 Å². The van der Waals surface area contributed by atoms with Crippen molar-refractivity contribution < 1.29 is 9.59 Å². The van der Waals surface area contributed by atoms with Crippen LogP contribution in [-0.4, -0.2) is 82.4 Å². The topological polar surface area (TPSA) is 106 Å². The van der Waals surface area contributed by atoms with Crippen LogP contribution in [0.2, 0.25) is 0 Å². The fourth-order valence-corrected chi connectivity index (χ4v) is 5.84. The summed E-state index contributed by atoms with van der Waals surface area (Å²) in [5, 5.41) is 8.00. The van der Waals surface area contributed by atoms with Gasteiger partial charge in [0, 0.05) is 72.6 Å². The zero-order valence-corrected chi connectivity index (χ0v) is 23.8. The summed E-state index contributed by atoms with van der Waals surface area (Å²) in [7, 11) is 3.95. The Labute approximate surface area is 236 Å². The molecule has 0 unspecified atom stereocenters. The van der Waals surface area contributed by atoms with Crippen LogP contribution in [0.4, 0.5) is 5.95 Å². The predicted molar refractivity (Wildman–Crippen MR) is 159 cm³/mol. The number of amides is 2. The van der Waals surface area contributed by atoms with Gasteiger partial charge in [0.1, 0.15) is 0 Å². The number of nitrogens with zero attached hydrogens (tertiary/aromatic N) is 4. The molecule has 3 heterocycles. The van der Waals surface area contributed by atoms with Crippen LogP contribution < -0.4 is 10.6 Å². The van der Waals surface area contributed by atoms with Gasteiger partial charge in [-0.25, -0.2) is 9.97 Å². The Bertz CT molecular complexity index is 1360. The first kappa shape index (κ1) is 27.8. The summed E-state index contributed by atoms with van der Waals surface area (Å²) >= 11 is 0. The lowest BCUT2D eigenvalue weighted by atomic mass is 9.89. The second-order valence-electron chi connectivity index (χ2n) is 11.5. The van der Waals surface area contributed by atoms with Gasteiger partial charge in [0.25, 0.3) is 0 Å². The first-order valence-electron chi connectivity index (χ1n) is 14.4. The monoisotopic (exact) mass is 543 g/mol. The van der Waals surface area contributed by atoms with Crippen molar-refractivity contribution in [2.45, 2.75) is 57.5 Å². The van der Waals surface area contributed by atoms with E-state index < -0.39 is 0 Å². The molecule has 1 aliphatic heterocycles. The summed E-state index contributed by atoms with van der Waals surface area (Å²) in [6, 6.07) is 8.57. The summed E-state index contributed by atoms with van der Waals surface area (Å²) in [4.78, 5) is 42.2. The molecule has 2 aromatic heterocycles. The third-order valence-electron chi connectivity index (χ3n) is 8.08. The summed E-state index contributed by atoms with van der Waals surface area (Å²) in [5.41, 5.74) is 4.12. The minimum atomic E-state index is -0.0395. The molecule has 1 aromatic carbocycles. The number of anilines is 1. The number of carbonyl (C=O) groups is 2. The molecule has 2 fully saturated rings. The number of para-hydroxylation sites is 1. The van der Waals surface area contributed by atoms with Crippen LogP contribution in [0.5, 0.6) is 0 Å². The average Bonchev–Trinajstić information content (AvgIpc) is 3.38. The van der Waals surface area contributed by atoms with Gasteiger partial charge in [-0.3, -0.25) is 9.59 Å². The third kappa shape index (κ3) is 6.70. The van der Waals surface area contributed by atoms with E-state index in [1.165, 1.54) is 0 Å². The Kier molecular flexibility index (Phi) is 8.79. The number of likely N-dealkylation sites (N-methyl/N-ethyl adjacent to an activating group) is 1. The molecule has 0 spiro atoms. The molecule has 2 atom stereocenters. The molecule has 212 valence electrons. The minimum Gasteiger partial charge on any atom is -0.360 e. The maximum absolute atomic E-state index is 13.1. The zero-order chi connectivity index (χ0) is 28.1. The number of piperidine rings is 1. The summed E-state index contributed by atoms with van der Waals surface area (Å²) in [6.07, 6.45) is 12.7. The molecule has 1 saturated carbocycles. The quantitative estimate of drug-likeness (QED) is 0.369. The SMILES string of the molecule is Cc1cnc(N[C@@H]2CCC[C@H](NC(=O)C3CCN(C(=O)/C=C/CN(C)C)CC3)C2)nc1-c1c[nH]c2ccccc12. The summed E-state index contributed by atoms with van der Waals surface area (Å²) < 4.78 is 0. The fraction of sp³-hybridized carbons (Fsp3) is 0.484. The Morgan fingerprint density at radius 3 is 2.70 bits per heavy atom. The van der Waals surface area contributed by atoms with E-state index in [4.69, 9.17) is 4.98 Å². The highest BCUT2D eigenvalue weighted by molar-refractivity contribution is 5.95. The summed E-state index contributed by atoms with van der Waals surface area (Å²) in [5.74, 6) is 0.740. The van der Waals surface area contributed by atoms with Crippen LogP contribution in [0.15, 0.2) is 48.8 Å². The average molecular weight is 544 g/mol. The first-order chi connectivity index (χ1) is 19.4. The van der Waals surface area contributed by atoms with Crippen molar-refractivity contribution >= 4 is 28.7 Å². The maximum Gasteiger partial charge on any atom is 0.246 e. The molecule has 3 aromatic rings. The highest BCUT2D eigenvalue weighted by Crippen LogP contribution is 2.30. The summed E-state index contributed by atoms with van der Waals surface area (Å²) in [6.45, 7) is 4.03. The lowest BCUT2D eigenvalue weighted by Crippen LogP contribution is -2.47. The molecular weight excluding hydrogens is 502 g/mol. The van der Waals surface area contributed by atoms with Crippen molar-refractivity contribution in [2.24, 2.45) is 5.92 Å². The second-order valence-corrected chi connectivity index (χ2v) is 11.5. The third-order valence-corrected chi connectivity index (χ3v) is 8.08. The number of aryl methyl sites for hydroxylation is 1. The number of rotatable bonds is 8. The minimum absolute atomic E-state index is 0.0353. The van der Waals surface area contributed by atoms with Gasteiger partial charge in [-0.2, -0.15) is 0 Å². The van der Waals surface area contributed by atoms with Crippen LogP contribution in [0.3, 0.4) is 0 Å². The molecule has 0 radical (unpaired) electrons. The Hall–Kier alpha value is -3.72. The van der Waals surface area contributed by atoms with Crippen molar-refractivity contribution in [3.63, 3.8) is 0 Å². The molecule has 2 aliphatic rings. The number of nitrogens with one attached hydrogen (secondary N) is 3. The molecule has 9 nitrogen and oxygen atoms in total. The van der Waals surface area contributed by atoms with Gasteiger partial charge in [0.2, 0.25) is 17.8 Å². The molecule has 2 amide bonds. The van der Waals surface area contributed by atoms with Gasteiger partial charge < -0.3 is 25.4 Å². The predicted octanol–water partition coefficient (Wildman–Crippen LogP) is 4.13. The standard InChI is InChI=1S/C31H41N7O2/c1-21-19-33-31(36-29(21)26-20-32-27-11-5-4-10-25(26)27)35-24-9-6-8-23(18-24)34-30(40)22-13-16-38(17-14-22)28(39)12-7-15-37(2)3/h4-5,7,10-12,19-20,22-24,32H,6,8-9,13-18H2,1-3H3,(H,34,40)(H,33,35,36)/b12-7+/t23-,24+/m0/s1. The number of carbonyl (C=O) groups excluding carboxylic acids is 2. The van der Waals surface area contributed by atoms with Crippen molar-refractivity contribution in [2.75, 3.05) is 39.0 Å². The Morgan fingerprint density at radius 2 is 1.90 bits per heavy atom. The van der Waals surface area contributed by atoms with E-state index in [1.807, 2.05) is 61.4 Å². The highest BCUT2D eigenvalue weighted by atomic mass is 16.2. The number of likely N-dealkylation sites (tertiary alicyclic amines) is 1. The van der Waals surface area contributed by atoms with E-state index in [0.29, 0.717) is 31.9 Å². The number of fused-ring (bicyclic) bond motifs is 1. The van der Waals surface area contributed by atoms with Crippen LogP contribution in [0, 0.1) is 12.8 Å². The van der Waals surface area contributed by atoms with Crippen LogP contribution in [0.1, 0.15) is 44.1 Å². The second kappa shape index (κ2) is 12.6. The van der Waals surface area contributed by atoms with E-state index in [1.54, 1.807) is 6.08 Å². The van der Waals surface area contributed by atoms with E-state index in [0.717, 1.165) is 60.0 Å². The van der Waals surface area contributed by atoms with E-state index in [9.17, 15) is 9.59 Å². The van der Waals surface area contributed by atoms with Crippen molar-refractivity contribution in [1.82, 2.24) is 30.1 Å². The lowest BCUT2D eigenvalue weighted by Gasteiger charge is -2.34. The molecule has 3 N–H and O–H groups in total. The van der Waals surface area contributed by atoms with E-state index in [2.05, 4.69) is 32.7 Å². The fourth-order valence-electron chi connectivity index (χ4n) is 5.84. The number of H-pyrrole nitrogens is 1. The van der Waals surface area contributed by atoms with Crippen molar-refractivity contribution in [3.05, 3.63) is 54.4 Å². The van der Waals surface area contributed by atoms with Gasteiger partial charge in [0.15, 0.2) is 0 Å². The van der Waals surface area contributed by atoms with Gasteiger partial charge in [-0.05, 0) is 71.2 Å². The van der Waals surface area contributed by atoms with Crippen molar-refractivity contribution in [1.29, 1.82) is 0 Å². The Morgan fingerprint density at radius 1 is 1.12 bits per heavy atom. The van der Waals surface area contributed by atoms with E-state index >= 15 is 0 Å². The smallest absolute Gasteiger partial charge is 0.246 e. The number of aromatic amines is 1. The molecule has 40 heavy (non-hydrogen) atoms. The number of hydrogen-bond acceptors (Lipinski definition) is 6. The van der Waals surface area contributed by atoms with Gasteiger partial charge in [0.05, 0.1) is 5.69 Å². The molecule has 5 rings (SSSR count). The highest BCUT2D eigenvalue weighted by Gasteiger charge is 2.30. The van der Waals surface area contributed by atoms with Gasteiger partial charge >= 0.3 is 0 Å². The van der Waals surface area contributed by atoms with Gasteiger partial charge in [-0.1, -0.05) is 24.3 Å². The number of hydrogen-bond donors (Lipinski definition) is 3. The zero-order valence-electron chi connectivity index (χ0n) is 23.8. The molecule has 1 saturated heterocycles. The number of benzene rings is 1. The Balaban J connectivity index is 1.14. The largest absolute Gasteiger partial charge is 0.360 e. The molecule has 9 heteroatoms. The molecule has 1 aliphatic carbocycles. The normalized spacial score (nSPS) is 20.4. The lowest BCUT2D eigenvalue weighted by molar-refractivity contribution is -0.132. The van der Waals surface area contributed by atoms with Crippen LogP contribution in [0.25, 0.3) is 22.2 Å². The van der Waals surface area contributed by atoms with Crippen LogP contribution >= 0.6 is 0 Å². The first-order valence-corrected chi connectivity index (χ1v) is 14.4. The maximum atomic E-state index is 13.1. The number of aromatic nitrogens is 3.